The molecule has 1 fully saturated rings. The van der Waals surface area contributed by atoms with Crippen molar-refractivity contribution in [2.24, 2.45) is 0 Å². The average Bonchev–Trinajstić information content (AvgIpc) is 2.91. The van der Waals surface area contributed by atoms with E-state index in [0.717, 1.165) is 16.2 Å². The molecular formula is C28H30FN3O3S. The SMILES string of the molecule is CC(=O)NC(CSc1ccc(OCc2ccccc2)cc1)C(=O)N1CCN(c2ccccc2F)CC1. The van der Waals surface area contributed by atoms with Crippen LogP contribution in [0.15, 0.2) is 83.8 Å². The first kappa shape index (κ1) is 25.6. The van der Waals surface area contributed by atoms with Crippen molar-refractivity contribution in [2.75, 3.05) is 36.8 Å². The Morgan fingerprint density at radius 2 is 1.61 bits per heavy atom. The highest BCUT2D eigenvalue weighted by molar-refractivity contribution is 7.99. The van der Waals surface area contributed by atoms with Crippen molar-refractivity contribution in [1.82, 2.24) is 10.2 Å². The fraction of sp³-hybridized carbons (Fsp3) is 0.286. The van der Waals surface area contributed by atoms with Gasteiger partial charge in [-0.05, 0) is 42.0 Å². The fourth-order valence-electron chi connectivity index (χ4n) is 4.07. The zero-order valence-electron chi connectivity index (χ0n) is 20.2. The Morgan fingerprint density at radius 1 is 0.944 bits per heavy atom. The Hall–Kier alpha value is -3.52. The highest BCUT2D eigenvalue weighted by Crippen LogP contribution is 2.24. The minimum atomic E-state index is -0.637. The van der Waals surface area contributed by atoms with E-state index in [1.165, 1.54) is 24.8 Å². The topological polar surface area (TPSA) is 61.9 Å². The van der Waals surface area contributed by atoms with Crippen LogP contribution in [0.4, 0.5) is 10.1 Å². The van der Waals surface area contributed by atoms with Gasteiger partial charge in [0, 0.05) is 43.8 Å². The second-order valence-corrected chi connectivity index (χ2v) is 9.67. The van der Waals surface area contributed by atoms with Crippen molar-refractivity contribution in [3.8, 4) is 5.75 Å². The van der Waals surface area contributed by atoms with Crippen LogP contribution in [0.2, 0.25) is 0 Å². The summed E-state index contributed by atoms with van der Waals surface area (Å²) >= 11 is 1.51. The van der Waals surface area contributed by atoms with E-state index in [-0.39, 0.29) is 17.6 Å². The van der Waals surface area contributed by atoms with Crippen LogP contribution in [0.5, 0.6) is 5.75 Å². The molecule has 1 unspecified atom stereocenters. The van der Waals surface area contributed by atoms with Crippen LogP contribution in [0.3, 0.4) is 0 Å². The Labute approximate surface area is 215 Å². The van der Waals surface area contributed by atoms with Gasteiger partial charge in [-0.2, -0.15) is 0 Å². The summed E-state index contributed by atoms with van der Waals surface area (Å²) in [5, 5.41) is 2.80. The summed E-state index contributed by atoms with van der Waals surface area (Å²) in [5.41, 5.74) is 1.65. The Balaban J connectivity index is 1.30. The number of piperazine rings is 1. The molecule has 1 N–H and O–H groups in total. The third-order valence-electron chi connectivity index (χ3n) is 5.95. The van der Waals surface area contributed by atoms with Crippen LogP contribution in [0.1, 0.15) is 12.5 Å². The second kappa shape index (κ2) is 12.4. The first-order valence-electron chi connectivity index (χ1n) is 11.9. The Bertz CT molecular complexity index is 1150. The molecule has 3 aromatic rings. The molecule has 4 rings (SSSR count). The number of para-hydroxylation sites is 1. The number of carbonyl (C=O) groups excluding carboxylic acids is 2. The van der Waals surface area contributed by atoms with E-state index in [4.69, 9.17) is 4.74 Å². The predicted molar refractivity (Wildman–Crippen MR) is 141 cm³/mol. The number of carbonyl (C=O) groups is 2. The van der Waals surface area contributed by atoms with Crippen LogP contribution in [0.25, 0.3) is 0 Å². The second-order valence-electron chi connectivity index (χ2n) is 8.57. The first-order chi connectivity index (χ1) is 17.5. The number of rotatable bonds is 9. The molecule has 2 amide bonds. The molecular weight excluding hydrogens is 477 g/mol. The highest BCUT2D eigenvalue weighted by Gasteiger charge is 2.29. The van der Waals surface area contributed by atoms with Crippen LogP contribution in [0, 0.1) is 5.82 Å². The lowest BCUT2D eigenvalue weighted by molar-refractivity contribution is -0.135. The van der Waals surface area contributed by atoms with E-state index >= 15 is 0 Å². The Morgan fingerprint density at radius 3 is 2.28 bits per heavy atom. The smallest absolute Gasteiger partial charge is 0.246 e. The largest absolute Gasteiger partial charge is 0.489 e. The number of halogens is 1. The number of anilines is 1. The quantitative estimate of drug-likeness (QED) is 0.437. The zero-order chi connectivity index (χ0) is 25.3. The summed E-state index contributed by atoms with van der Waals surface area (Å²) in [6.07, 6.45) is 0. The monoisotopic (exact) mass is 507 g/mol. The molecule has 0 radical (unpaired) electrons. The minimum absolute atomic E-state index is 0.117. The number of thioether (sulfide) groups is 1. The molecule has 1 saturated heterocycles. The highest BCUT2D eigenvalue weighted by atomic mass is 32.2. The van der Waals surface area contributed by atoms with E-state index in [9.17, 15) is 14.0 Å². The van der Waals surface area contributed by atoms with Crippen LogP contribution in [-0.2, 0) is 16.2 Å². The van der Waals surface area contributed by atoms with E-state index < -0.39 is 6.04 Å². The number of benzene rings is 3. The molecule has 1 heterocycles. The molecule has 1 atom stereocenters. The molecule has 6 nitrogen and oxygen atoms in total. The first-order valence-corrected chi connectivity index (χ1v) is 12.9. The summed E-state index contributed by atoms with van der Waals surface area (Å²) in [6.45, 7) is 3.94. The van der Waals surface area contributed by atoms with Crippen molar-refractivity contribution in [3.05, 3.63) is 90.2 Å². The summed E-state index contributed by atoms with van der Waals surface area (Å²) in [7, 11) is 0. The standard InChI is InChI=1S/C28H30FN3O3S/c1-21(33)30-26(28(34)32-17-15-31(16-18-32)27-10-6-5-9-25(27)29)20-36-24-13-11-23(12-14-24)35-19-22-7-3-2-4-8-22/h2-14,26H,15-20H2,1H3,(H,30,33). The maximum atomic E-state index is 14.1. The molecule has 0 aromatic heterocycles. The summed E-state index contributed by atoms with van der Waals surface area (Å²) in [6, 6.07) is 23.7. The van der Waals surface area contributed by atoms with Gasteiger partial charge in [-0.25, -0.2) is 4.39 Å². The van der Waals surface area contributed by atoms with Gasteiger partial charge >= 0.3 is 0 Å². The van der Waals surface area contributed by atoms with Gasteiger partial charge < -0.3 is 19.9 Å². The number of hydrogen-bond donors (Lipinski definition) is 1. The molecule has 8 heteroatoms. The predicted octanol–water partition coefficient (Wildman–Crippen LogP) is 4.35. The van der Waals surface area contributed by atoms with Crippen molar-refractivity contribution in [1.29, 1.82) is 0 Å². The average molecular weight is 508 g/mol. The number of amides is 2. The lowest BCUT2D eigenvalue weighted by Crippen LogP contribution is -2.55. The summed E-state index contributed by atoms with van der Waals surface area (Å²) < 4.78 is 20.0. The van der Waals surface area contributed by atoms with Gasteiger partial charge in [-0.3, -0.25) is 9.59 Å². The van der Waals surface area contributed by atoms with Crippen molar-refractivity contribution < 1.29 is 18.7 Å². The number of hydrogen-bond acceptors (Lipinski definition) is 5. The van der Waals surface area contributed by atoms with E-state index in [2.05, 4.69) is 5.32 Å². The van der Waals surface area contributed by atoms with Gasteiger partial charge in [-0.15, -0.1) is 11.8 Å². The summed E-state index contributed by atoms with van der Waals surface area (Å²) in [5.74, 6) is 0.555. The molecule has 0 aliphatic carbocycles. The third kappa shape index (κ3) is 7.01. The fourth-order valence-corrected chi connectivity index (χ4v) is 4.98. The van der Waals surface area contributed by atoms with Crippen LogP contribution >= 0.6 is 11.8 Å². The van der Waals surface area contributed by atoms with Gasteiger partial charge in [0.1, 0.15) is 24.2 Å². The maximum Gasteiger partial charge on any atom is 0.246 e. The van der Waals surface area contributed by atoms with Crippen molar-refractivity contribution in [2.45, 2.75) is 24.5 Å². The lowest BCUT2D eigenvalue weighted by Gasteiger charge is -2.37. The van der Waals surface area contributed by atoms with Gasteiger partial charge in [0.05, 0.1) is 5.69 Å². The van der Waals surface area contributed by atoms with Gasteiger partial charge in [-0.1, -0.05) is 42.5 Å². The third-order valence-corrected chi connectivity index (χ3v) is 7.05. The molecule has 188 valence electrons. The number of ether oxygens (including phenoxy) is 1. The van der Waals surface area contributed by atoms with Gasteiger partial charge in [0.2, 0.25) is 11.8 Å². The molecule has 36 heavy (non-hydrogen) atoms. The molecule has 0 saturated carbocycles. The van der Waals surface area contributed by atoms with Crippen LogP contribution < -0.4 is 15.0 Å². The van der Waals surface area contributed by atoms with Crippen molar-refractivity contribution >= 4 is 29.3 Å². The molecule has 3 aromatic carbocycles. The van der Waals surface area contributed by atoms with E-state index in [0.29, 0.717) is 44.2 Å². The van der Waals surface area contributed by atoms with Gasteiger partial charge in [0.15, 0.2) is 0 Å². The zero-order valence-corrected chi connectivity index (χ0v) is 21.0. The Kier molecular flexibility index (Phi) is 8.84. The number of nitrogens with zero attached hydrogens (tertiary/aromatic N) is 2. The summed E-state index contributed by atoms with van der Waals surface area (Å²) in [4.78, 5) is 29.7. The van der Waals surface area contributed by atoms with E-state index in [1.807, 2.05) is 65.6 Å². The molecule has 1 aliphatic rings. The molecule has 0 bridgehead atoms. The number of nitrogens with one attached hydrogen (secondary N) is 1. The van der Waals surface area contributed by atoms with E-state index in [1.54, 1.807) is 17.0 Å². The molecule has 0 spiro atoms. The van der Waals surface area contributed by atoms with Gasteiger partial charge in [0.25, 0.3) is 0 Å². The van der Waals surface area contributed by atoms with Crippen molar-refractivity contribution in [3.63, 3.8) is 0 Å². The normalized spacial score (nSPS) is 14.3. The molecule has 1 aliphatic heterocycles. The maximum absolute atomic E-state index is 14.1. The minimum Gasteiger partial charge on any atom is -0.489 e. The lowest BCUT2D eigenvalue weighted by atomic mass is 10.2. The van der Waals surface area contributed by atoms with Crippen LogP contribution in [-0.4, -0.2) is 54.7 Å².